The highest BCUT2D eigenvalue weighted by Gasteiger charge is 2.16. The fourth-order valence-electron chi connectivity index (χ4n) is 0.830. The molecule has 0 spiro atoms. The average molecular weight is 175 g/mol. The van der Waals surface area contributed by atoms with Gasteiger partial charge >= 0.3 is 0 Å². The van der Waals surface area contributed by atoms with Crippen LogP contribution in [-0.2, 0) is 0 Å². The summed E-state index contributed by atoms with van der Waals surface area (Å²) in [4.78, 5) is 0. The minimum Gasteiger partial charge on any atom is -0.319 e. The zero-order chi connectivity index (χ0) is 9.14. The van der Waals surface area contributed by atoms with Crippen LogP contribution >= 0.6 is 0 Å². The zero-order valence-corrected chi connectivity index (χ0v) is 6.18. The van der Waals surface area contributed by atoms with Gasteiger partial charge in [0.15, 0.2) is 0 Å². The zero-order valence-electron chi connectivity index (χ0n) is 6.18. The second kappa shape index (κ2) is 3.58. The maximum absolute atomic E-state index is 12.3. The monoisotopic (exact) mass is 175 g/mol. The number of hydrogen-bond donors (Lipinski definition) is 1. The minimum atomic E-state index is -2.62. The molecule has 0 amide bonds. The van der Waals surface area contributed by atoms with Gasteiger partial charge in [0.05, 0.1) is 6.04 Å². The van der Waals surface area contributed by atoms with Crippen molar-refractivity contribution < 1.29 is 13.2 Å². The Balaban J connectivity index is 2.82. The first kappa shape index (κ1) is 9.06. The lowest BCUT2D eigenvalue weighted by Crippen LogP contribution is -2.18. The Morgan fingerprint density at radius 2 is 1.58 bits per heavy atom. The smallest absolute Gasteiger partial charge is 0.257 e. The lowest BCUT2D eigenvalue weighted by Gasteiger charge is -2.09. The lowest BCUT2D eigenvalue weighted by molar-refractivity contribution is 0.116. The molecule has 66 valence electrons. The first-order valence-electron chi connectivity index (χ1n) is 3.40. The molecular weight excluding hydrogens is 167 g/mol. The summed E-state index contributed by atoms with van der Waals surface area (Å²) in [7, 11) is 0. The fraction of sp³-hybridized carbons (Fsp3) is 0.250. The summed E-state index contributed by atoms with van der Waals surface area (Å²) in [5, 5.41) is 0. The van der Waals surface area contributed by atoms with Crippen molar-refractivity contribution in [2.45, 2.75) is 12.5 Å². The number of nitrogens with two attached hydrogens (primary N) is 1. The number of rotatable bonds is 2. The van der Waals surface area contributed by atoms with Crippen molar-refractivity contribution in [3.63, 3.8) is 0 Å². The number of hydrogen-bond acceptors (Lipinski definition) is 1. The number of halogens is 3. The van der Waals surface area contributed by atoms with Crippen LogP contribution in [0.3, 0.4) is 0 Å². The van der Waals surface area contributed by atoms with Crippen molar-refractivity contribution in [1.29, 1.82) is 0 Å². The molecule has 0 radical (unpaired) electrons. The molecule has 12 heavy (non-hydrogen) atoms. The molecule has 0 aromatic heterocycles. The Morgan fingerprint density at radius 1 is 1.08 bits per heavy atom. The van der Waals surface area contributed by atoms with Gasteiger partial charge in [0.2, 0.25) is 0 Å². The molecular formula is C8H8F3N. The molecule has 1 nitrogen and oxygen atoms in total. The molecule has 0 fully saturated rings. The summed E-state index contributed by atoms with van der Waals surface area (Å²) in [5.41, 5.74) is 5.36. The summed E-state index contributed by atoms with van der Waals surface area (Å²) in [6.45, 7) is 0. The van der Waals surface area contributed by atoms with Crippen LogP contribution in [0.5, 0.6) is 0 Å². The molecule has 1 aromatic carbocycles. The number of alkyl halides is 2. The van der Waals surface area contributed by atoms with Crippen molar-refractivity contribution in [1.82, 2.24) is 0 Å². The van der Waals surface area contributed by atoms with Crippen LogP contribution in [-0.4, -0.2) is 6.43 Å². The molecule has 0 heterocycles. The van der Waals surface area contributed by atoms with Gasteiger partial charge in [-0.15, -0.1) is 0 Å². The van der Waals surface area contributed by atoms with Crippen LogP contribution in [0.15, 0.2) is 24.3 Å². The third-order valence-electron chi connectivity index (χ3n) is 1.53. The molecule has 1 aromatic rings. The van der Waals surface area contributed by atoms with Crippen LogP contribution in [0, 0.1) is 5.82 Å². The first-order chi connectivity index (χ1) is 5.61. The maximum atomic E-state index is 12.3. The van der Waals surface area contributed by atoms with E-state index in [1.54, 1.807) is 0 Å². The largest absolute Gasteiger partial charge is 0.319 e. The minimum absolute atomic E-state index is 0.242. The molecule has 0 saturated carbocycles. The molecule has 0 saturated heterocycles. The van der Waals surface area contributed by atoms with Gasteiger partial charge in [-0.1, -0.05) is 12.1 Å². The van der Waals surface area contributed by atoms with Gasteiger partial charge in [0.25, 0.3) is 6.43 Å². The van der Waals surface area contributed by atoms with Gasteiger partial charge in [-0.25, -0.2) is 13.2 Å². The highest BCUT2D eigenvalue weighted by Crippen LogP contribution is 2.17. The van der Waals surface area contributed by atoms with Gasteiger partial charge in [-0.3, -0.25) is 0 Å². The van der Waals surface area contributed by atoms with E-state index >= 15 is 0 Å². The Hall–Kier alpha value is -1.03. The predicted octanol–water partition coefficient (Wildman–Crippen LogP) is 2.09. The van der Waals surface area contributed by atoms with E-state index in [0.29, 0.717) is 0 Å². The molecule has 4 heteroatoms. The van der Waals surface area contributed by atoms with E-state index < -0.39 is 18.3 Å². The number of benzene rings is 1. The van der Waals surface area contributed by atoms with E-state index in [-0.39, 0.29) is 5.56 Å². The van der Waals surface area contributed by atoms with E-state index in [1.807, 2.05) is 0 Å². The molecule has 0 aliphatic heterocycles. The summed E-state index contributed by atoms with van der Waals surface area (Å²) in [5.74, 6) is -0.458. The molecule has 0 aliphatic rings. The van der Waals surface area contributed by atoms with Gasteiger partial charge in [-0.2, -0.15) is 0 Å². The van der Waals surface area contributed by atoms with Gasteiger partial charge in [-0.05, 0) is 17.7 Å². The van der Waals surface area contributed by atoms with E-state index in [4.69, 9.17) is 5.73 Å². The molecule has 1 atom stereocenters. The van der Waals surface area contributed by atoms with Crippen molar-refractivity contribution in [3.05, 3.63) is 35.6 Å². The molecule has 0 bridgehead atoms. The van der Waals surface area contributed by atoms with Crippen LogP contribution in [0.4, 0.5) is 13.2 Å². The summed E-state index contributed by atoms with van der Waals surface area (Å²) in [6, 6.07) is 3.40. The third-order valence-corrected chi connectivity index (χ3v) is 1.53. The van der Waals surface area contributed by atoms with Crippen molar-refractivity contribution in [3.8, 4) is 0 Å². The highest BCUT2D eigenvalue weighted by atomic mass is 19.3. The van der Waals surface area contributed by atoms with Crippen molar-refractivity contribution in [2.24, 2.45) is 5.73 Å². The lowest BCUT2D eigenvalue weighted by atomic mass is 10.1. The topological polar surface area (TPSA) is 26.0 Å². The van der Waals surface area contributed by atoms with Crippen LogP contribution in [0.2, 0.25) is 0 Å². The molecule has 1 rings (SSSR count). The van der Waals surface area contributed by atoms with E-state index in [0.717, 1.165) is 12.1 Å². The van der Waals surface area contributed by atoms with Gasteiger partial charge in [0, 0.05) is 0 Å². The van der Waals surface area contributed by atoms with E-state index in [9.17, 15) is 13.2 Å². The molecule has 2 N–H and O–H groups in total. The van der Waals surface area contributed by atoms with Crippen LogP contribution in [0.25, 0.3) is 0 Å². The summed E-state index contributed by atoms with van der Waals surface area (Å²) < 4.78 is 36.3. The quantitative estimate of drug-likeness (QED) is 0.731. The van der Waals surface area contributed by atoms with E-state index in [2.05, 4.69) is 0 Å². The predicted molar refractivity (Wildman–Crippen MR) is 39.3 cm³/mol. The fourth-order valence-corrected chi connectivity index (χ4v) is 0.830. The van der Waals surface area contributed by atoms with E-state index in [1.165, 1.54) is 12.1 Å². The second-order valence-corrected chi connectivity index (χ2v) is 2.41. The maximum Gasteiger partial charge on any atom is 0.257 e. The van der Waals surface area contributed by atoms with Gasteiger partial charge in [0.1, 0.15) is 5.82 Å². The first-order valence-corrected chi connectivity index (χ1v) is 3.40. The van der Waals surface area contributed by atoms with Gasteiger partial charge < -0.3 is 5.73 Å². The van der Waals surface area contributed by atoms with Crippen molar-refractivity contribution >= 4 is 0 Å². The Kier molecular flexibility index (Phi) is 2.70. The standard InChI is InChI=1S/C8H8F3N/c9-6-3-1-5(2-4-6)7(12)8(10)11/h1-4,7-8H,12H2. The second-order valence-electron chi connectivity index (χ2n) is 2.41. The Bertz CT molecular complexity index is 245. The summed E-state index contributed by atoms with van der Waals surface area (Å²) in [6.07, 6.45) is -2.62. The third kappa shape index (κ3) is 1.98. The Morgan fingerprint density at radius 3 is 2.00 bits per heavy atom. The van der Waals surface area contributed by atoms with Crippen molar-refractivity contribution in [2.75, 3.05) is 0 Å². The van der Waals surface area contributed by atoms with Crippen LogP contribution in [0.1, 0.15) is 11.6 Å². The molecule has 0 aliphatic carbocycles. The highest BCUT2D eigenvalue weighted by molar-refractivity contribution is 5.19. The Labute approximate surface area is 68.0 Å². The normalized spacial score (nSPS) is 13.4. The summed E-state index contributed by atoms with van der Waals surface area (Å²) >= 11 is 0. The van der Waals surface area contributed by atoms with Crippen LogP contribution < -0.4 is 5.73 Å². The average Bonchev–Trinajstić information content (AvgIpc) is 2.04. The SMILES string of the molecule is NC(c1ccc(F)cc1)C(F)F. The molecule has 1 unspecified atom stereocenters.